The van der Waals surface area contributed by atoms with E-state index in [1.54, 1.807) is 4.90 Å². The Morgan fingerprint density at radius 2 is 1.72 bits per heavy atom. The zero-order valence-electron chi connectivity index (χ0n) is 14.5. The molecule has 1 heterocycles. The number of carbonyl (C=O) groups is 2. The predicted octanol–water partition coefficient (Wildman–Crippen LogP) is 2.92. The number of hydrogen-bond acceptors (Lipinski definition) is 2. The molecule has 2 fully saturated rings. The van der Waals surface area contributed by atoms with Crippen molar-refractivity contribution >= 4 is 11.8 Å². The Bertz CT molecular complexity index is 857. The molecule has 0 radical (unpaired) electrons. The molecular formula is C21H22N2O2. The molecule has 4 heteroatoms. The van der Waals surface area contributed by atoms with Crippen molar-refractivity contribution in [2.75, 3.05) is 6.54 Å². The highest BCUT2D eigenvalue weighted by Crippen LogP contribution is 2.50. The fraction of sp³-hybridized carbons (Fsp3) is 0.333. The van der Waals surface area contributed by atoms with Crippen LogP contribution in [0.25, 0.3) is 11.1 Å². The van der Waals surface area contributed by atoms with E-state index in [0.29, 0.717) is 18.0 Å². The van der Waals surface area contributed by atoms with E-state index in [1.165, 1.54) is 5.56 Å². The summed E-state index contributed by atoms with van der Waals surface area (Å²) in [5.41, 5.74) is 10.3. The van der Waals surface area contributed by atoms with Gasteiger partial charge in [-0.05, 0) is 49.3 Å². The van der Waals surface area contributed by atoms with E-state index in [4.69, 9.17) is 5.73 Å². The first-order valence-corrected chi connectivity index (χ1v) is 8.73. The van der Waals surface area contributed by atoms with E-state index >= 15 is 0 Å². The number of carbonyl (C=O) groups excluding carboxylic acids is 2. The minimum atomic E-state index is -0.455. The maximum atomic E-state index is 13.3. The molecule has 0 spiro atoms. The van der Waals surface area contributed by atoms with Gasteiger partial charge in [0.15, 0.2) is 0 Å². The molecule has 25 heavy (non-hydrogen) atoms. The predicted molar refractivity (Wildman–Crippen MR) is 97.0 cm³/mol. The number of benzene rings is 2. The topological polar surface area (TPSA) is 63.4 Å². The summed E-state index contributed by atoms with van der Waals surface area (Å²) in [6.45, 7) is 4.65. The van der Waals surface area contributed by atoms with Crippen LogP contribution in [0.5, 0.6) is 0 Å². The number of hydrogen-bond donors (Lipinski definition) is 1. The Morgan fingerprint density at radius 1 is 1.04 bits per heavy atom. The number of rotatable bonds is 3. The molecule has 0 aromatic heterocycles. The van der Waals surface area contributed by atoms with Gasteiger partial charge in [0.05, 0.1) is 0 Å². The van der Waals surface area contributed by atoms with Crippen LogP contribution in [0.2, 0.25) is 0 Å². The van der Waals surface area contributed by atoms with E-state index in [0.717, 1.165) is 23.1 Å². The highest BCUT2D eigenvalue weighted by molar-refractivity contribution is 6.03. The standard InChI is InChI=1S/C21H22N2O2/c1-12-3-6-14(7-4-12)16-8-5-13(2)9-18(16)21(25)23-11-15-10-17(15)19(23)20(22)24/h3-9,15,17,19H,10-11H2,1-2H3,(H2,22,24)/t15-,17-,19+/m1/s1. The number of nitrogens with zero attached hydrogens (tertiary/aromatic N) is 1. The first kappa shape index (κ1) is 15.9. The minimum Gasteiger partial charge on any atom is -0.368 e. The van der Waals surface area contributed by atoms with Crippen LogP contribution in [-0.4, -0.2) is 29.3 Å². The minimum absolute atomic E-state index is 0.0877. The Hall–Kier alpha value is -2.62. The number of likely N-dealkylation sites (tertiary alicyclic amines) is 1. The highest BCUT2D eigenvalue weighted by Gasteiger charge is 2.56. The largest absolute Gasteiger partial charge is 0.368 e. The van der Waals surface area contributed by atoms with Crippen LogP contribution in [0.15, 0.2) is 42.5 Å². The number of nitrogens with two attached hydrogens (primary N) is 1. The maximum Gasteiger partial charge on any atom is 0.255 e. The number of fused-ring (bicyclic) bond motifs is 1. The van der Waals surface area contributed by atoms with Crippen molar-refractivity contribution in [1.82, 2.24) is 4.90 Å². The van der Waals surface area contributed by atoms with E-state index in [9.17, 15) is 9.59 Å². The van der Waals surface area contributed by atoms with Gasteiger partial charge in [-0.3, -0.25) is 9.59 Å². The lowest BCUT2D eigenvalue weighted by molar-refractivity contribution is -0.122. The summed E-state index contributed by atoms with van der Waals surface area (Å²) >= 11 is 0. The van der Waals surface area contributed by atoms with E-state index in [2.05, 4.69) is 0 Å². The fourth-order valence-electron chi connectivity index (χ4n) is 4.01. The van der Waals surface area contributed by atoms with E-state index < -0.39 is 6.04 Å². The maximum absolute atomic E-state index is 13.3. The molecule has 2 aromatic rings. The van der Waals surface area contributed by atoms with Crippen molar-refractivity contribution in [3.63, 3.8) is 0 Å². The first-order valence-electron chi connectivity index (χ1n) is 8.73. The van der Waals surface area contributed by atoms with E-state index in [1.807, 2.05) is 56.3 Å². The molecule has 1 aliphatic carbocycles. The second-order valence-corrected chi connectivity index (χ2v) is 7.38. The first-order chi connectivity index (χ1) is 12.0. The van der Waals surface area contributed by atoms with Crippen molar-refractivity contribution < 1.29 is 9.59 Å². The molecule has 2 aliphatic rings. The molecule has 1 saturated heterocycles. The summed E-state index contributed by atoms with van der Waals surface area (Å²) in [6.07, 6.45) is 1.01. The Morgan fingerprint density at radius 3 is 2.40 bits per heavy atom. The summed E-state index contributed by atoms with van der Waals surface area (Å²) in [4.78, 5) is 26.8. The zero-order valence-corrected chi connectivity index (χ0v) is 14.5. The molecule has 0 unspecified atom stereocenters. The summed E-state index contributed by atoms with van der Waals surface area (Å²) in [5, 5.41) is 0. The Kier molecular flexibility index (Phi) is 3.64. The number of piperidine rings is 1. The third kappa shape index (κ3) is 2.72. The lowest BCUT2D eigenvalue weighted by atomic mass is 9.96. The monoisotopic (exact) mass is 334 g/mol. The SMILES string of the molecule is Cc1ccc(-c2ccc(C)cc2C(=O)N2C[C@H]3C[C@H]3[C@H]2C(N)=O)cc1. The van der Waals surface area contributed by atoms with Gasteiger partial charge in [0.25, 0.3) is 5.91 Å². The van der Waals surface area contributed by atoms with Gasteiger partial charge in [-0.1, -0.05) is 47.5 Å². The van der Waals surface area contributed by atoms with Crippen molar-refractivity contribution in [2.24, 2.45) is 17.6 Å². The van der Waals surface area contributed by atoms with Crippen LogP contribution in [0, 0.1) is 25.7 Å². The Labute approximate surface area is 147 Å². The van der Waals surface area contributed by atoms with Crippen LogP contribution in [0.3, 0.4) is 0 Å². The molecule has 3 atom stereocenters. The van der Waals surface area contributed by atoms with Gasteiger partial charge in [-0.15, -0.1) is 0 Å². The van der Waals surface area contributed by atoms with Gasteiger partial charge in [0.2, 0.25) is 5.91 Å². The normalized spacial score (nSPS) is 24.1. The third-order valence-corrected chi connectivity index (χ3v) is 5.47. The molecule has 0 bridgehead atoms. The lowest BCUT2D eigenvalue weighted by Gasteiger charge is -2.26. The fourth-order valence-corrected chi connectivity index (χ4v) is 4.01. The Balaban J connectivity index is 1.74. The quantitative estimate of drug-likeness (QED) is 0.938. The van der Waals surface area contributed by atoms with Gasteiger partial charge in [-0.25, -0.2) is 0 Å². The number of amides is 2. The molecule has 128 valence electrons. The summed E-state index contributed by atoms with van der Waals surface area (Å²) in [7, 11) is 0. The molecule has 1 saturated carbocycles. The van der Waals surface area contributed by atoms with E-state index in [-0.39, 0.29) is 17.7 Å². The second kappa shape index (κ2) is 5.73. The molecule has 2 aromatic carbocycles. The molecule has 4 nitrogen and oxygen atoms in total. The average molecular weight is 334 g/mol. The van der Waals surface area contributed by atoms with Crippen LogP contribution >= 0.6 is 0 Å². The van der Waals surface area contributed by atoms with Crippen molar-refractivity contribution in [3.8, 4) is 11.1 Å². The van der Waals surface area contributed by atoms with Gasteiger partial charge < -0.3 is 10.6 Å². The lowest BCUT2D eigenvalue weighted by Crippen LogP contribution is -2.46. The molecule has 2 amide bonds. The van der Waals surface area contributed by atoms with Crippen molar-refractivity contribution in [3.05, 3.63) is 59.2 Å². The summed E-state index contributed by atoms with van der Waals surface area (Å²) < 4.78 is 0. The highest BCUT2D eigenvalue weighted by atomic mass is 16.2. The van der Waals surface area contributed by atoms with Crippen LogP contribution in [0.1, 0.15) is 27.9 Å². The molecular weight excluding hydrogens is 312 g/mol. The number of aryl methyl sites for hydroxylation is 2. The molecule has 4 rings (SSSR count). The molecule has 2 N–H and O–H groups in total. The number of primary amides is 1. The van der Waals surface area contributed by atoms with Gasteiger partial charge in [0.1, 0.15) is 6.04 Å². The van der Waals surface area contributed by atoms with Crippen molar-refractivity contribution in [1.29, 1.82) is 0 Å². The zero-order chi connectivity index (χ0) is 17.7. The van der Waals surface area contributed by atoms with Gasteiger partial charge in [0, 0.05) is 12.1 Å². The summed E-state index contributed by atoms with van der Waals surface area (Å²) in [5.74, 6) is 0.223. The van der Waals surface area contributed by atoms with Gasteiger partial charge in [-0.2, -0.15) is 0 Å². The van der Waals surface area contributed by atoms with Gasteiger partial charge >= 0.3 is 0 Å². The second-order valence-electron chi connectivity index (χ2n) is 7.38. The van der Waals surface area contributed by atoms with Crippen LogP contribution in [0.4, 0.5) is 0 Å². The van der Waals surface area contributed by atoms with Crippen LogP contribution in [-0.2, 0) is 4.79 Å². The van der Waals surface area contributed by atoms with Crippen LogP contribution < -0.4 is 5.73 Å². The van der Waals surface area contributed by atoms with Crippen molar-refractivity contribution in [2.45, 2.75) is 26.3 Å². The summed E-state index contributed by atoms with van der Waals surface area (Å²) in [6, 6.07) is 13.6. The third-order valence-electron chi connectivity index (χ3n) is 5.47. The molecule has 1 aliphatic heterocycles. The smallest absolute Gasteiger partial charge is 0.255 e. The average Bonchev–Trinajstić information content (AvgIpc) is 3.24.